The minimum absolute atomic E-state index is 0.00343. The van der Waals surface area contributed by atoms with Gasteiger partial charge in [0, 0.05) is 12.3 Å². The van der Waals surface area contributed by atoms with Crippen molar-refractivity contribution >= 4 is 5.78 Å². The maximum atomic E-state index is 12.7. The van der Waals surface area contributed by atoms with E-state index in [1.807, 2.05) is 0 Å². The normalized spacial score (nSPS) is 30.2. The summed E-state index contributed by atoms with van der Waals surface area (Å²) in [5.41, 5.74) is 1.30. The van der Waals surface area contributed by atoms with Crippen molar-refractivity contribution in [3.63, 3.8) is 0 Å². The zero-order valence-electron chi connectivity index (χ0n) is 21.1. The SMILES string of the molecule is COc1cc(CC2C(=O)CCC2C(O)c2ccc(OC3OC(CO)C(O)C(O)C3O)c(OC)c2)ccc1O. The smallest absolute Gasteiger partial charge is 0.229 e. The lowest BCUT2D eigenvalue weighted by Gasteiger charge is -2.39. The van der Waals surface area contributed by atoms with Crippen LogP contribution in [0.5, 0.6) is 23.0 Å². The Labute approximate surface area is 219 Å². The summed E-state index contributed by atoms with van der Waals surface area (Å²) >= 11 is 0. The van der Waals surface area contributed by atoms with Gasteiger partial charge in [0.1, 0.15) is 30.2 Å². The van der Waals surface area contributed by atoms with Gasteiger partial charge in [0.25, 0.3) is 0 Å². The number of rotatable bonds is 9. The maximum absolute atomic E-state index is 12.7. The van der Waals surface area contributed by atoms with E-state index in [1.165, 1.54) is 26.4 Å². The van der Waals surface area contributed by atoms with Crippen LogP contribution in [0.4, 0.5) is 0 Å². The third-order valence-corrected chi connectivity index (χ3v) is 7.38. The number of ether oxygens (including phenoxy) is 4. The maximum Gasteiger partial charge on any atom is 0.229 e. The molecule has 208 valence electrons. The monoisotopic (exact) mass is 534 g/mol. The van der Waals surface area contributed by atoms with Crippen LogP contribution in [0.15, 0.2) is 36.4 Å². The number of hydrogen-bond donors (Lipinski definition) is 6. The molecule has 0 aromatic heterocycles. The topological polar surface area (TPSA) is 175 Å². The number of aromatic hydroxyl groups is 1. The van der Waals surface area contributed by atoms with Crippen LogP contribution < -0.4 is 14.2 Å². The molecule has 0 spiro atoms. The molecule has 1 heterocycles. The van der Waals surface area contributed by atoms with Gasteiger partial charge in [-0.05, 0) is 54.2 Å². The van der Waals surface area contributed by atoms with E-state index in [-0.39, 0.29) is 28.9 Å². The molecule has 0 radical (unpaired) electrons. The summed E-state index contributed by atoms with van der Waals surface area (Å²) in [6.45, 7) is -0.592. The largest absolute Gasteiger partial charge is 0.504 e. The van der Waals surface area contributed by atoms with Crippen LogP contribution in [0, 0.1) is 11.8 Å². The molecule has 1 saturated heterocycles. The highest BCUT2D eigenvalue weighted by Crippen LogP contribution is 2.43. The summed E-state index contributed by atoms with van der Waals surface area (Å²) in [5, 5.41) is 60.8. The number of carbonyl (C=O) groups excluding carboxylic acids is 1. The molecule has 11 heteroatoms. The molecular formula is C27H34O11. The van der Waals surface area contributed by atoms with Crippen molar-refractivity contribution in [3.8, 4) is 23.0 Å². The highest BCUT2D eigenvalue weighted by Gasteiger charge is 2.45. The number of benzene rings is 2. The van der Waals surface area contributed by atoms with E-state index in [2.05, 4.69) is 0 Å². The fourth-order valence-corrected chi connectivity index (χ4v) is 5.18. The van der Waals surface area contributed by atoms with Crippen molar-refractivity contribution in [2.75, 3.05) is 20.8 Å². The summed E-state index contributed by atoms with van der Waals surface area (Å²) in [7, 11) is 2.84. The van der Waals surface area contributed by atoms with Crippen LogP contribution in [0.1, 0.15) is 30.1 Å². The lowest BCUT2D eigenvalue weighted by Crippen LogP contribution is -2.60. The van der Waals surface area contributed by atoms with Crippen molar-refractivity contribution in [1.82, 2.24) is 0 Å². The molecule has 2 fully saturated rings. The molecular weight excluding hydrogens is 500 g/mol. The number of Topliss-reactive ketones (excluding diaryl/α,β-unsaturated/α-hetero) is 1. The Hall–Kier alpha value is -2.93. The van der Waals surface area contributed by atoms with Crippen LogP contribution in [0.2, 0.25) is 0 Å². The van der Waals surface area contributed by atoms with Gasteiger partial charge in [0.2, 0.25) is 6.29 Å². The van der Waals surface area contributed by atoms with Gasteiger partial charge in [0.15, 0.2) is 23.0 Å². The van der Waals surface area contributed by atoms with E-state index in [0.29, 0.717) is 30.6 Å². The summed E-state index contributed by atoms with van der Waals surface area (Å²) in [6.07, 6.45) is -6.98. The number of aliphatic hydroxyl groups is 5. The Kier molecular flexibility index (Phi) is 8.76. The number of aliphatic hydroxyl groups excluding tert-OH is 5. The van der Waals surface area contributed by atoms with E-state index < -0.39 is 49.3 Å². The van der Waals surface area contributed by atoms with Crippen molar-refractivity contribution in [3.05, 3.63) is 47.5 Å². The standard InChI is InChI=1S/C27H34O11/c1-35-20-10-13(3-6-18(20)30)9-16-15(5-7-17(16)29)23(31)14-4-8-19(21(11-14)36-2)37-27-26(34)25(33)24(32)22(12-28)38-27/h3-4,6,8,10-11,15-16,22-28,30-34H,5,7,9,12H2,1-2H3. The van der Waals surface area contributed by atoms with Gasteiger partial charge in [-0.3, -0.25) is 4.79 Å². The van der Waals surface area contributed by atoms with E-state index in [4.69, 9.17) is 18.9 Å². The lowest BCUT2D eigenvalue weighted by atomic mass is 9.83. The predicted octanol–water partition coefficient (Wildman–Crippen LogP) is 0.459. The van der Waals surface area contributed by atoms with Crippen LogP contribution in [-0.4, -0.2) is 88.0 Å². The summed E-state index contributed by atoms with van der Waals surface area (Å²) in [6, 6.07) is 9.59. The first-order valence-electron chi connectivity index (χ1n) is 12.4. The molecule has 38 heavy (non-hydrogen) atoms. The molecule has 11 nitrogen and oxygen atoms in total. The number of ketones is 1. The lowest BCUT2D eigenvalue weighted by molar-refractivity contribution is -0.277. The molecule has 2 aromatic rings. The third kappa shape index (κ3) is 5.58. The van der Waals surface area contributed by atoms with Crippen molar-refractivity contribution in [2.45, 2.75) is 56.1 Å². The zero-order valence-corrected chi connectivity index (χ0v) is 21.1. The molecule has 8 unspecified atom stereocenters. The Morgan fingerprint density at radius 1 is 0.974 bits per heavy atom. The van der Waals surface area contributed by atoms with E-state index in [0.717, 1.165) is 5.56 Å². The summed E-state index contributed by atoms with van der Waals surface area (Å²) < 4.78 is 21.7. The molecule has 2 aliphatic rings. The third-order valence-electron chi connectivity index (χ3n) is 7.38. The second-order valence-electron chi connectivity index (χ2n) is 9.66. The van der Waals surface area contributed by atoms with Crippen molar-refractivity contribution < 1.29 is 54.4 Å². The van der Waals surface area contributed by atoms with Crippen molar-refractivity contribution in [2.24, 2.45) is 11.8 Å². The molecule has 1 aliphatic carbocycles. The minimum atomic E-state index is -1.59. The molecule has 8 atom stereocenters. The first-order valence-corrected chi connectivity index (χ1v) is 12.4. The zero-order chi connectivity index (χ0) is 27.6. The van der Waals surface area contributed by atoms with Crippen molar-refractivity contribution in [1.29, 1.82) is 0 Å². The molecule has 0 amide bonds. The molecule has 1 saturated carbocycles. The highest BCUT2D eigenvalue weighted by atomic mass is 16.7. The van der Waals surface area contributed by atoms with Gasteiger partial charge in [-0.2, -0.15) is 0 Å². The van der Waals surface area contributed by atoms with Crippen LogP contribution in [0.3, 0.4) is 0 Å². The minimum Gasteiger partial charge on any atom is -0.504 e. The van der Waals surface area contributed by atoms with E-state index >= 15 is 0 Å². The van der Waals surface area contributed by atoms with Gasteiger partial charge >= 0.3 is 0 Å². The average Bonchev–Trinajstić information content (AvgIpc) is 3.29. The number of carbonyl (C=O) groups is 1. The number of phenolic OH excluding ortho intramolecular Hbond substituents is 1. The number of methoxy groups -OCH3 is 2. The number of hydrogen-bond acceptors (Lipinski definition) is 11. The Balaban J connectivity index is 1.51. The molecule has 6 N–H and O–H groups in total. The fourth-order valence-electron chi connectivity index (χ4n) is 5.18. The molecule has 1 aliphatic heterocycles. The van der Waals surface area contributed by atoms with Crippen LogP contribution in [-0.2, 0) is 16.0 Å². The van der Waals surface area contributed by atoms with E-state index in [1.54, 1.807) is 24.3 Å². The Morgan fingerprint density at radius 3 is 2.39 bits per heavy atom. The van der Waals surface area contributed by atoms with Gasteiger partial charge in [0.05, 0.1) is 26.9 Å². The van der Waals surface area contributed by atoms with E-state index in [9.17, 15) is 35.4 Å². The van der Waals surface area contributed by atoms with Gasteiger partial charge in [-0.15, -0.1) is 0 Å². The summed E-state index contributed by atoms with van der Waals surface area (Å²) in [5.74, 6) is -0.0747. The van der Waals surface area contributed by atoms with Gasteiger partial charge in [-0.1, -0.05) is 12.1 Å². The Bertz CT molecular complexity index is 1120. The second kappa shape index (κ2) is 11.9. The fraction of sp³-hybridized carbons (Fsp3) is 0.519. The predicted molar refractivity (Wildman–Crippen MR) is 132 cm³/mol. The van der Waals surface area contributed by atoms with Crippen LogP contribution in [0.25, 0.3) is 0 Å². The highest BCUT2D eigenvalue weighted by molar-refractivity contribution is 5.83. The quantitative estimate of drug-likeness (QED) is 0.264. The molecule has 0 bridgehead atoms. The first kappa shape index (κ1) is 28.1. The molecule has 2 aromatic carbocycles. The summed E-state index contributed by atoms with van der Waals surface area (Å²) in [4.78, 5) is 12.7. The second-order valence-corrected chi connectivity index (χ2v) is 9.66. The Morgan fingerprint density at radius 2 is 1.71 bits per heavy atom. The van der Waals surface area contributed by atoms with Gasteiger partial charge in [-0.25, -0.2) is 0 Å². The number of phenols is 1. The van der Waals surface area contributed by atoms with Crippen LogP contribution >= 0.6 is 0 Å². The average molecular weight is 535 g/mol. The molecule has 4 rings (SSSR count). The first-order chi connectivity index (χ1) is 18.2. The van der Waals surface area contributed by atoms with Gasteiger partial charge < -0.3 is 49.6 Å².